The summed E-state index contributed by atoms with van der Waals surface area (Å²) in [5.41, 5.74) is 7.88. The standard InChI is InChI=1S/C17H27NO2/c1-12-10-15(13(2)20-12)16(18)14-6-9-19-17(11-14)7-4-3-5-8-17/h10,14,16H,3-9,11,18H2,1-2H3. The third-order valence-corrected chi connectivity index (χ3v) is 5.24. The molecule has 3 rings (SSSR count). The molecule has 2 atom stereocenters. The molecule has 1 aromatic rings. The average molecular weight is 277 g/mol. The first-order valence-corrected chi connectivity index (χ1v) is 8.06. The van der Waals surface area contributed by atoms with E-state index in [4.69, 9.17) is 14.9 Å². The van der Waals surface area contributed by atoms with Gasteiger partial charge >= 0.3 is 0 Å². The summed E-state index contributed by atoms with van der Waals surface area (Å²) in [6.45, 7) is 4.89. The molecule has 1 aliphatic carbocycles. The summed E-state index contributed by atoms with van der Waals surface area (Å²) in [4.78, 5) is 0. The van der Waals surface area contributed by atoms with Crippen molar-refractivity contribution in [3.05, 3.63) is 23.2 Å². The first kappa shape index (κ1) is 14.2. The van der Waals surface area contributed by atoms with Crippen LogP contribution in [0.3, 0.4) is 0 Å². The molecule has 1 saturated carbocycles. The van der Waals surface area contributed by atoms with Gasteiger partial charge in [-0.2, -0.15) is 0 Å². The second-order valence-electron chi connectivity index (χ2n) is 6.74. The van der Waals surface area contributed by atoms with Crippen molar-refractivity contribution in [3.8, 4) is 0 Å². The van der Waals surface area contributed by atoms with Crippen LogP contribution in [0.25, 0.3) is 0 Å². The number of hydrogen-bond acceptors (Lipinski definition) is 3. The quantitative estimate of drug-likeness (QED) is 0.888. The molecule has 1 aliphatic heterocycles. The highest BCUT2D eigenvalue weighted by Crippen LogP contribution is 2.44. The Labute approximate surface area is 121 Å². The lowest BCUT2D eigenvalue weighted by atomic mass is 9.73. The Balaban J connectivity index is 1.74. The molecule has 2 heterocycles. The van der Waals surface area contributed by atoms with Crippen LogP contribution in [-0.4, -0.2) is 12.2 Å². The maximum Gasteiger partial charge on any atom is 0.105 e. The molecule has 3 heteroatoms. The van der Waals surface area contributed by atoms with E-state index in [0.717, 1.165) is 31.0 Å². The van der Waals surface area contributed by atoms with Crippen LogP contribution in [-0.2, 0) is 4.74 Å². The van der Waals surface area contributed by atoms with Gasteiger partial charge in [-0.15, -0.1) is 0 Å². The van der Waals surface area contributed by atoms with E-state index in [9.17, 15) is 0 Å². The summed E-state index contributed by atoms with van der Waals surface area (Å²) >= 11 is 0. The molecule has 1 saturated heterocycles. The normalized spacial score (nSPS) is 27.6. The van der Waals surface area contributed by atoms with Gasteiger partial charge in [-0.1, -0.05) is 19.3 Å². The minimum absolute atomic E-state index is 0.0927. The number of ether oxygens (including phenoxy) is 1. The van der Waals surface area contributed by atoms with Gasteiger partial charge in [0.15, 0.2) is 0 Å². The van der Waals surface area contributed by atoms with Crippen molar-refractivity contribution in [3.63, 3.8) is 0 Å². The lowest BCUT2D eigenvalue weighted by Crippen LogP contribution is -2.44. The fraction of sp³-hybridized carbons (Fsp3) is 0.765. The number of hydrogen-bond donors (Lipinski definition) is 1. The van der Waals surface area contributed by atoms with E-state index in [2.05, 4.69) is 6.07 Å². The molecule has 1 aromatic heterocycles. The maximum atomic E-state index is 6.56. The van der Waals surface area contributed by atoms with Gasteiger partial charge in [0.25, 0.3) is 0 Å². The molecule has 0 radical (unpaired) electrons. The molecule has 112 valence electrons. The topological polar surface area (TPSA) is 48.4 Å². The van der Waals surface area contributed by atoms with Crippen LogP contribution in [0.4, 0.5) is 0 Å². The van der Waals surface area contributed by atoms with Gasteiger partial charge in [0, 0.05) is 18.2 Å². The second-order valence-corrected chi connectivity index (χ2v) is 6.74. The Morgan fingerprint density at radius 3 is 2.65 bits per heavy atom. The van der Waals surface area contributed by atoms with Gasteiger partial charge < -0.3 is 14.9 Å². The Kier molecular flexibility index (Phi) is 3.91. The molecule has 0 amide bonds. The van der Waals surface area contributed by atoms with Crippen molar-refractivity contribution in [2.45, 2.75) is 70.4 Å². The highest BCUT2D eigenvalue weighted by Gasteiger charge is 2.40. The average Bonchev–Trinajstić information content (AvgIpc) is 2.78. The van der Waals surface area contributed by atoms with Crippen LogP contribution in [0.15, 0.2) is 10.5 Å². The fourth-order valence-electron chi connectivity index (χ4n) is 4.15. The Morgan fingerprint density at radius 2 is 2.00 bits per heavy atom. The van der Waals surface area contributed by atoms with Gasteiger partial charge in [0.2, 0.25) is 0 Å². The summed E-state index contributed by atoms with van der Waals surface area (Å²) in [5.74, 6) is 2.48. The van der Waals surface area contributed by atoms with E-state index in [1.165, 1.54) is 37.7 Å². The molecular formula is C17H27NO2. The van der Waals surface area contributed by atoms with Gasteiger partial charge in [-0.05, 0) is 51.5 Å². The van der Waals surface area contributed by atoms with E-state index >= 15 is 0 Å². The minimum atomic E-state index is 0.0927. The zero-order valence-electron chi connectivity index (χ0n) is 12.8. The molecule has 0 aromatic carbocycles. The second kappa shape index (κ2) is 5.53. The zero-order chi connectivity index (χ0) is 14.2. The predicted octanol–water partition coefficient (Wildman–Crippen LogP) is 4.03. The Hall–Kier alpha value is -0.800. The highest BCUT2D eigenvalue weighted by molar-refractivity contribution is 5.24. The number of aryl methyl sites for hydroxylation is 2. The molecule has 2 N–H and O–H groups in total. The van der Waals surface area contributed by atoms with Crippen molar-refractivity contribution in [1.82, 2.24) is 0 Å². The smallest absolute Gasteiger partial charge is 0.105 e. The van der Waals surface area contributed by atoms with Gasteiger partial charge in [0.05, 0.1) is 5.60 Å². The third kappa shape index (κ3) is 2.66. The van der Waals surface area contributed by atoms with E-state index in [1.807, 2.05) is 13.8 Å². The Bertz CT molecular complexity index is 454. The monoisotopic (exact) mass is 277 g/mol. The molecule has 0 bridgehead atoms. The first-order valence-electron chi connectivity index (χ1n) is 8.06. The number of furan rings is 1. The summed E-state index contributed by atoms with van der Waals surface area (Å²) < 4.78 is 11.8. The minimum Gasteiger partial charge on any atom is -0.466 e. The van der Waals surface area contributed by atoms with Crippen molar-refractivity contribution < 1.29 is 9.15 Å². The third-order valence-electron chi connectivity index (χ3n) is 5.24. The van der Waals surface area contributed by atoms with Gasteiger partial charge in [-0.25, -0.2) is 0 Å². The summed E-state index contributed by atoms with van der Waals surface area (Å²) in [6.07, 6.45) is 8.63. The lowest BCUT2D eigenvalue weighted by Gasteiger charge is -2.45. The van der Waals surface area contributed by atoms with Crippen molar-refractivity contribution in [2.75, 3.05) is 6.61 Å². The van der Waals surface area contributed by atoms with Crippen LogP contribution in [0, 0.1) is 19.8 Å². The first-order chi connectivity index (χ1) is 9.60. The van der Waals surface area contributed by atoms with Gasteiger partial charge in [-0.3, -0.25) is 0 Å². The molecular weight excluding hydrogens is 250 g/mol. The van der Waals surface area contributed by atoms with Crippen LogP contribution in [0.1, 0.15) is 68.1 Å². The lowest BCUT2D eigenvalue weighted by molar-refractivity contribution is -0.120. The van der Waals surface area contributed by atoms with Gasteiger partial charge in [0.1, 0.15) is 11.5 Å². The number of nitrogens with two attached hydrogens (primary N) is 1. The molecule has 2 aliphatic rings. The largest absolute Gasteiger partial charge is 0.466 e. The SMILES string of the molecule is Cc1cc(C(N)C2CCOC3(CCCCC3)C2)c(C)o1. The van der Waals surface area contributed by atoms with E-state index in [-0.39, 0.29) is 11.6 Å². The summed E-state index contributed by atoms with van der Waals surface area (Å²) in [6, 6.07) is 2.21. The van der Waals surface area contributed by atoms with E-state index < -0.39 is 0 Å². The van der Waals surface area contributed by atoms with Crippen molar-refractivity contribution >= 4 is 0 Å². The van der Waals surface area contributed by atoms with Crippen LogP contribution in [0.2, 0.25) is 0 Å². The zero-order valence-corrected chi connectivity index (χ0v) is 12.8. The summed E-state index contributed by atoms with van der Waals surface area (Å²) in [7, 11) is 0. The van der Waals surface area contributed by atoms with Crippen LogP contribution in [0.5, 0.6) is 0 Å². The van der Waals surface area contributed by atoms with E-state index in [0.29, 0.717) is 5.92 Å². The number of rotatable bonds is 2. The molecule has 2 unspecified atom stereocenters. The molecule has 20 heavy (non-hydrogen) atoms. The fourth-order valence-corrected chi connectivity index (χ4v) is 4.15. The Morgan fingerprint density at radius 1 is 1.25 bits per heavy atom. The van der Waals surface area contributed by atoms with E-state index in [1.54, 1.807) is 0 Å². The van der Waals surface area contributed by atoms with Crippen LogP contribution >= 0.6 is 0 Å². The summed E-state index contributed by atoms with van der Waals surface area (Å²) in [5, 5.41) is 0. The van der Waals surface area contributed by atoms with Crippen molar-refractivity contribution in [2.24, 2.45) is 11.7 Å². The predicted molar refractivity (Wildman–Crippen MR) is 79.6 cm³/mol. The molecule has 2 fully saturated rings. The van der Waals surface area contributed by atoms with Crippen molar-refractivity contribution in [1.29, 1.82) is 0 Å². The molecule has 3 nitrogen and oxygen atoms in total. The maximum absolute atomic E-state index is 6.56. The highest BCUT2D eigenvalue weighted by atomic mass is 16.5. The van der Waals surface area contributed by atoms with Crippen LogP contribution < -0.4 is 5.73 Å². The molecule has 1 spiro atoms.